The molecule has 2 spiro atoms. The standard InChI is InChI=1S/C31H27F2NO3.C25H22BrF2NO3.C6H7BO2/c32-26-9-8-25(28(35)12-19-14-31(15-19)16-23(17-31)30(36)37)29-24(26)10-11-34(29)18-22-7-6-21(13-27(22)33)20-4-2-1-3-5-20;26-17-2-1-15(21(28)8-17)13-29-6-5-18-20(27)4-3-19(23(18)29)22(30)7-14-9-25(10-14)11-16(12-25)24(31)32;8-7(9)6-4-2-1-3-5-6/h1-11,13,19,23H,12,14-18H2,(H,36,37);1-6,8,14,16H,7,9-13H2,(H,31,32);1-5,8-9H. The fourth-order valence-corrected chi connectivity index (χ4v) is 13.1. The Morgan fingerprint density at radius 3 is 1.36 bits per heavy atom. The van der Waals surface area contributed by atoms with Crippen molar-refractivity contribution < 1.29 is 57.0 Å². The molecule has 4 saturated carbocycles. The van der Waals surface area contributed by atoms with Crippen LogP contribution in [-0.4, -0.2) is 60.0 Å². The van der Waals surface area contributed by atoms with Crippen molar-refractivity contribution in [2.24, 2.45) is 34.5 Å². The Kier molecular flexibility index (Phi) is 15.5. The zero-order chi connectivity index (χ0) is 55.0. The van der Waals surface area contributed by atoms with Gasteiger partial charge in [0.25, 0.3) is 0 Å². The van der Waals surface area contributed by atoms with E-state index in [1.807, 2.05) is 42.5 Å². The maximum absolute atomic E-state index is 15.1. The number of halogens is 5. The Labute approximate surface area is 456 Å². The van der Waals surface area contributed by atoms with E-state index < -0.39 is 30.7 Å². The van der Waals surface area contributed by atoms with E-state index in [0.29, 0.717) is 92.5 Å². The lowest BCUT2D eigenvalue weighted by atomic mass is 9.47. The van der Waals surface area contributed by atoms with Crippen LogP contribution in [-0.2, 0) is 22.7 Å². The number of carbonyl (C=O) groups is 4. The summed E-state index contributed by atoms with van der Waals surface area (Å²) in [4.78, 5) is 48.7. The van der Waals surface area contributed by atoms with E-state index in [2.05, 4.69) is 15.9 Å². The quantitative estimate of drug-likeness (QED) is 0.0476. The number of rotatable bonds is 14. The lowest BCUT2D eigenvalue weighted by Gasteiger charge is -2.56. The molecular weight excluding hydrogens is 1070 g/mol. The van der Waals surface area contributed by atoms with Crippen LogP contribution in [0, 0.1) is 57.8 Å². The Morgan fingerprint density at radius 1 is 0.513 bits per heavy atom. The molecule has 400 valence electrons. The first-order valence-corrected chi connectivity index (χ1v) is 26.9. The van der Waals surface area contributed by atoms with Crippen LogP contribution in [0.2, 0.25) is 0 Å². The summed E-state index contributed by atoms with van der Waals surface area (Å²) in [5.41, 5.74) is 5.20. The van der Waals surface area contributed by atoms with Crippen LogP contribution in [0.25, 0.3) is 32.9 Å². The first-order valence-electron chi connectivity index (χ1n) is 26.1. The molecule has 4 aliphatic rings. The van der Waals surface area contributed by atoms with E-state index in [-0.39, 0.29) is 70.8 Å². The van der Waals surface area contributed by atoms with Gasteiger partial charge < -0.3 is 29.4 Å². The predicted octanol–water partition coefficient (Wildman–Crippen LogP) is 12.7. The second kappa shape index (κ2) is 22.3. The number of hydrogen-bond donors (Lipinski definition) is 4. The summed E-state index contributed by atoms with van der Waals surface area (Å²) >= 11 is 3.25. The van der Waals surface area contributed by atoms with Crippen molar-refractivity contribution >= 4 is 73.8 Å². The molecule has 6 aromatic carbocycles. The van der Waals surface area contributed by atoms with E-state index in [4.69, 9.17) is 20.3 Å². The van der Waals surface area contributed by atoms with E-state index >= 15 is 4.39 Å². The molecule has 0 saturated heterocycles. The third-order valence-electron chi connectivity index (χ3n) is 16.6. The highest BCUT2D eigenvalue weighted by Crippen LogP contribution is 2.63. The zero-order valence-electron chi connectivity index (χ0n) is 42.4. The summed E-state index contributed by atoms with van der Waals surface area (Å²) < 4.78 is 62.7. The van der Waals surface area contributed by atoms with E-state index in [9.17, 15) is 32.3 Å². The Bertz CT molecular complexity index is 3560. The van der Waals surface area contributed by atoms with Gasteiger partial charge in [-0.25, -0.2) is 17.6 Å². The third-order valence-corrected chi connectivity index (χ3v) is 17.0. The minimum atomic E-state index is -1.34. The third kappa shape index (κ3) is 11.4. The monoisotopic (exact) mass is 1120 g/mol. The molecule has 16 heteroatoms. The van der Waals surface area contributed by atoms with Gasteiger partial charge in [-0.2, -0.15) is 0 Å². The van der Waals surface area contributed by atoms with Crippen LogP contribution < -0.4 is 5.46 Å². The van der Waals surface area contributed by atoms with Crippen molar-refractivity contribution in [3.8, 4) is 11.1 Å². The summed E-state index contributed by atoms with van der Waals surface area (Å²) in [6.07, 6.45) is 10.4. The van der Waals surface area contributed by atoms with Gasteiger partial charge in [-0.05, 0) is 145 Å². The molecule has 0 atom stereocenters. The van der Waals surface area contributed by atoms with Crippen molar-refractivity contribution in [3.63, 3.8) is 0 Å². The molecule has 78 heavy (non-hydrogen) atoms. The van der Waals surface area contributed by atoms with Crippen molar-refractivity contribution in [3.05, 3.63) is 196 Å². The molecule has 10 nitrogen and oxygen atoms in total. The molecule has 4 N–H and O–H groups in total. The highest BCUT2D eigenvalue weighted by Gasteiger charge is 2.56. The number of nitrogens with zero attached hydrogens (tertiary/aromatic N) is 2. The van der Waals surface area contributed by atoms with Gasteiger partial charge in [0.2, 0.25) is 0 Å². The minimum absolute atomic E-state index is 0.0554. The van der Waals surface area contributed by atoms with Gasteiger partial charge >= 0.3 is 19.1 Å². The first kappa shape index (κ1) is 54.2. The average Bonchev–Trinajstić information content (AvgIpc) is 4.06. The highest BCUT2D eigenvalue weighted by atomic mass is 79.9. The fraction of sp³-hybridized carbons (Fsp3) is 0.290. The molecule has 4 aliphatic carbocycles. The second-order valence-electron chi connectivity index (χ2n) is 22.0. The summed E-state index contributed by atoms with van der Waals surface area (Å²) in [6, 6.07) is 37.1. The number of aliphatic carboxylic acids is 2. The molecule has 0 unspecified atom stereocenters. The maximum Gasteiger partial charge on any atom is 0.488 e. The molecule has 2 aromatic heterocycles. The number of Topliss-reactive ketones (excluding diaryl/α,β-unsaturated/α-hetero) is 2. The number of carboxylic acid groups (broad SMARTS) is 2. The minimum Gasteiger partial charge on any atom is -0.481 e. The summed E-state index contributed by atoms with van der Waals surface area (Å²) in [5.74, 6) is -3.18. The summed E-state index contributed by atoms with van der Waals surface area (Å²) in [5, 5.41) is 36.1. The van der Waals surface area contributed by atoms with E-state index in [1.54, 1.807) is 76.1 Å². The number of ketones is 2. The number of benzene rings is 6. The number of hydrogen-bond acceptors (Lipinski definition) is 6. The molecule has 2 heterocycles. The molecule has 0 amide bonds. The van der Waals surface area contributed by atoms with Gasteiger partial charge in [-0.15, -0.1) is 0 Å². The van der Waals surface area contributed by atoms with Gasteiger partial charge in [0.05, 0.1) is 36.0 Å². The zero-order valence-corrected chi connectivity index (χ0v) is 44.0. The first-order chi connectivity index (χ1) is 37.4. The van der Waals surface area contributed by atoms with Gasteiger partial charge in [0.1, 0.15) is 23.3 Å². The molecular formula is C62H56BBrF4N2O8. The number of fused-ring (bicyclic) bond motifs is 2. The summed E-state index contributed by atoms with van der Waals surface area (Å²) in [7, 11) is -1.34. The second-order valence-corrected chi connectivity index (χ2v) is 22.9. The van der Waals surface area contributed by atoms with Gasteiger partial charge in [-0.3, -0.25) is 19.2 Å². The highest BCUT2D eigenvalue weighted by molar-refractivity contribution is 9.10. The summed E-state index contributed by atoms with van der Waals surface area (Å²) in [6.45, 7) is 0.368. The van der Waals surface area contributed by atoms with Gasteiger partial charge in [0.15, 0.2) is 11.6 Å². The fourth-order valence-electron chi connectivity index (χ4n) is 12.8. The van der Waals surface area contributed by atoms with Crippen LogP contribution in [0.1, 0.15) is 96.1 Å². The van der Waals surface area contributed by atoms with Crippen LogP contribution in [0.15, 0.2) is 150 Å². The number of carbonyl (C=O) groups excluding carboxylic acids is 2. The van der Waals surface area contributed by atoms with Crippen LogP contribution in [0.5, 0.6) is 0 Å². The number of aromatic nitrogens is 2. The predicted molar refractivity (Wildman–Crippen MR) is 293 cm³/mol. The molecule has 12 rings (SSSR count). The van der Waals surface area contributed by atoms with Crippen molar-refractivity contribution in [1.29, 1.82) is 0 Å². The largest absolute Gasteiger partial charge is 0.488 e. The SMILES string of the molecule is O=C(CC1CC2(C1)CC(C(=O)O)C2)c1ccc(F)c2ccn(Cc3ccc(-c4ccccc4)cc3F)c12.O=C(CC1CC2(C1)CC(C(=O)O)C2)c1ccc(F)c2ccn(Cc3ccc(Br)cc3F)c12.OB(O)c1ccccc1. The average molecular weight is 1120 g/mol. The van der Waals surface area contributed by atoms with E-state index in [0.717, 1.165) is 36.8 Å². The Hall–Kier alpha value is -7.14. The van der Waals surface area contributed by atoms with Crippen LogP contribution in [0.3, 0.4) is 0 Å². The molecule has 0 bridgehead atoms. The Balaban J connectivity index is 0.000000153. The molecule has 4 fully saturated rings. The number of carboxylic acids is 2. The lowest BCUT2D eigenvalue weighted by Crippen LogP contribution is -2.50. The van der Waals surface area contributed by atoms with Gasteiger partial charge in [0, 0.05) is 62.7 Å². The van der Waals surface area contributed by atoms with Crippen LogP contribution >= 0.6 is 15.9 Å². The maximum atomic E-state index is 15.1. The molecule has 0 radical (unpaired) electrons. The molecule has 0 aliphatic heterocycles. The van der Waals surface area contributed by atoms with Crippen molar-refractivity contribution in [1.82, 2.24) is 9.13 Å². The van der Waals surface area contributed by atoms with Crippen LogP contribution in [0.4, 0.5) is 17.6 Å². The topological polar surface area (TPSA) is 159 Å². The van der Waals surface area contributed by atoms with Gasteiger partial charge in [-0.1, -0.05) is 94.8 Å². The molecule has 8 aromatic rings. The van der Waals surface area contributed by atoms with Crippen molar-refractivity contribution in [2.75, 3.05) is 0 Å². The normalized spacial score (nSPS) is 21.7. The lowest BCUT2D eigenvalue weighted by molar-refractivity contribution is -0.158. The Morgan fingerprint density at radius 2 is 0.949 bits per heavy atom. The smallest absolute Gasteiger partial charge is 0.481 e. The van der Waals surface area contributed by atoms with Crippen molar-refractivity contribution in [2.45, 2.75) is 77.3 Å². The van der Waals surface area contributed by atoms with E-state index in [1.165, 1.54) is 36.4 Å².